The number of hydrogen-bond donors (Lipinski definition) is 1. The molecule has 120 valence electrons. The maximum Gasteiger partial charge on any atom is 0.673 e. The summed E-state index contributed by atoms with van der Waals surface area (Å²) in [5.41, 5.74) is 1.19. The Labute approximate surface area is 126 Å². The Balaban J connectivity index is 0.000000422. The first kappa shape index (κ1) is 17.9. The van der Waals surface area contributed by atoms with Gasteiger partial charge in [0.2, 0.25) is 0 Å². The third kappa shape index (κ3) is 8.94. The molecule has 2 heterocycles. The number of aromatic amines is 1. The van der Waals surface area contributed by atoms with Crippen LogP contribution < -0.4 is 4.57 Å². The van der Waals surface area contributed by atoms with Gasteiger partial charge in [-0.25, -0.2) is 9.55 Å². The van der Waals surface area contributed by atoms with Gasteiger partial charge in [-0.05, 0) is 11.6 Å². The molecule has 8 heteroatoms. The lowest BCUT2D eigenvalue weighted by molar-refractivity contribution is -0.697. The lowest BCUT2D eigenvalue weighted by Gasteiger charge is -1.95. The van der Waals surface area contributed by atoms with E-state index < -0.39 is 7.25 Å². The van der Waals surface area contributed by atoms with E-state index >= 15 is 0 Å². The number of hydrogen-bond acceptors (Lipinski definition) is 1. The summed E-state index contributed by atoms with van der Waals surface area (Å²) in [4.78, 5) is 7.19. The summed E-state index contributed by atoms with van der Waals surface area (Å²) < 4.78 is 41.2. The maximum atomic E-state index is 9.75. The molecular formula is C14H18BF4N3. The first-order chi connectivity index (χ1) is 10.4. The van der Waals surface area contributed by atoms with Crippen molar-refractivity contribution < 1.29 is 21.8 Å². The SMILES string of the molecule is CCCC[n+]1ccc(/C=C/c2ncc[nH]2)cc1.F[B-](F)(F)F. The molecule has 1 N–H and O–H groups in total. The topological polar surface area (TPSA) is 32.6 Å². The zero-order valence-electron chi connectivity index (χ0n) is 12.2. The summed E-state index contributed by atoms with van der Waals surface area (Å²) in [6.07, 6.45) is 14.3. The molecule has 0 saturated carbocycles. The molecule has 0 aliphatic heterocycles. The van der Waals surface area contributed by atoms with Gasteiger partial charge in [-0.2, -0.15) is 0 Å². The minimum absolute atomic E-state index is 0.882. The van der Waals surface area contributed by atoms with Gasteiger partial charge < -0.3 is 22.2 Å². The van der Waals surface area contributed by atoms with E-state index in [-0.39, 0.29) is 0 Å². The highest BCUT2D eigenvalue weighted by Gasteiger charge is 2.20. The number of nitrogens with zero attached hydrogens (tertiary/aromatic N) is 2. The van der Waals surface area contributed by atoms with Gasteiger partial charge in [0.1, 0.15) is 12.4 Å². The number of H-pyrrole nitrogens is 1. The molecule has 0 aliphatic rings. The highest BCUT2D eigenvalue weighted by molar-refractivity contribution is 6.50. The summed E-state index contributed by atoms with van der Waals surface area (Å²) in [5.74, 6) is 0.882. The van der Waals surface area contributed by atoms with E-state index in [9.17, 15) is 17.3 Å². The summed E-state index contributed by atoms with van der Waals surface area (Å²) in [6, 6.07) is 4.24. The highest BCUT2D eigenvalue weighted by atomic mass is 19.5. The van der Waals surface area contributed by atoms with Crippen molar-refractivity contribution in [2.24, 2.45) is 0 Å². The summed E-state index contributed by atoms with van der Waals surface area (Å²) in [7, 11) is -6.00. The van der Waals surface area contributed by atoms with Crippen LogP contribution in [0.1, 0.15) is 31.2 Å². The molecule has 0 spiro atoms. The third-order valence-electron chi connectivity index (χ3n) is 2.64. The van der Waals surface area contributed by atoms with Gasteiger partial charge in [0.25, 0.3) is 0 Å². The van der Waals surface area contributed by atoms with Crippen LogP contribution in [0, 0.1) is 0 Å². The Morgan fingerprint density at radius 3 is 2.32 bits per heavy atom. The number of unbranched alkanes of at least 4 members (excludes halogenated alkanes) is 1. The Bertz CT molecular complexity index is 544. The van der Waals surface area contributed by atoms with Gasteiger partial charge in [-0.15, -0.1) is 0 Å². The standard InChI is InChI=1S/C14H17N3.BF4/c1-2-3-10-17-11-6-13(7-12-17)4-5-14-15-8-9-16-14;2-1(3,4)5/h4-9,11-12H,2-3,10H2,1H3;/q;-1/p+1. The second-order valence-electron chi connectivity index (χ2n) is 4.53. The smallest absolute Gasteiger partial charge is 0.418 e. The van der Waals surface area contributed by atoms with Crippen LogP contribution in [0.4, 0.5) is 17.3 Å². The van der Waals surface area contributed by atoms with Gasteiger partial charge in [0.05, 0.1) is 0 Å². The predicted molar refractivity (Wildman–Crippen MR) is 79.2 cm³/mol. The predicted octanol–water partition coefficient (Wildman–Crippen LogP) is 3.97. The van der Waals surface area contributed by atoms with Crippen molar-refractivity contribution in [2.75, 3.05) is 0 Å². The van der Waals surface area contributed by atoms with Crippen LogP contribution in [0.25, 0.3) is 12.2 Å². The number of imidazole rings is 1. The molecule has 0 aliphatic carbocycles. The number of halogens is 4. The van der Waals surface area contributed by atoms with E-state index in [1.54, 1.807) is 6.20 Å². The minimum atomic E-state index is -6.00. The number of aromatic nitrogens is 3. The van der Waals surface area contributed by atoms with Crippen LogP contribution in [-0.4, -0.2) is 17.2 Å². The largest absolute Gasteiger partial charge is 0.673 e. The molecule has 0 saturated heterocycles. The molecule has 2 aromatic heterocycles. The molecule has 3 nitrogen and oxygen atoms in total. The molecule has 2 rings (SSSR count). The van der Waals surface area contributed by atoms with Crippen molar-refractivity contribution in [1.29, 1.82) is 0 Å². The van der Waals surface area contributed by atoms with Crippen LogP contribution in [0.3, 0.4) is 0 Å². The Hall–Kier alpha value is -2.12. The van der Waals surface area contributed by atoms with Crippen molar-refractivity contribution in [3.05, 3.63) is 48.3 Å². The Morgan fingerprint density at radius 1 is 1.18 bits per heavy atom. The van der Waals surface area contributed by atoms with Crippen LogP contribution >= 0.6 is 0 Å². The van der Waals surface area contributed by atoms with E-state index in [0.717, 1.165) is 12.4 Å². The molecule has 22 heavy (non-hydrogen) atoms. The Morgan fingerprint density at radius 2 is 1.82 bits per heavy atom. The molecule has 0 atom stereocenters. The van der Waals surface area contributed by atoms with E-state index in [4.69, 9.17) is 0 Å². The average Bonchev–Trinajstić information content (AvgIpc) is 2.95. The fourth-order valence-corrected chi connectivity index (χ4v) is 1.61. The van der Waals surface area contributed by atoms with Crippen LogP contribution in [0.5, 0.6) is 0 Å². The fraction of sp³-hybridized carbons (Fsp3) is 0.286. The maximum absolute atomic E-state index is 9.75. The molecule has 0 unspecified atom stereocenters. The number of pyridine rings is 1. The van der Waals surface area contributed by atoms with Crippen molar-refractivity contribution in [2.45, 2.75) is 26.3 Å². The van der Waals surface area contributed by atoms with Gasteiger partial charge >= 0.3 is 7.25 Å². The quantitative estimate of drug-likeness (QED) is 0.505. The normalized spacial score (nSPS) is 11.3. The van der Waals surface area contributed by atoms with Gasteiger partial charge in [-0.1, -0.05) is 19.4 Å². The zero-order valence-corrected chi connectivity index (χ0v) is 12.2. The second kappa shape index (κ2) is 9.02. The highest BCUT2D eigenvalue weighted by Crippen LogP contribution is 2.06. The molecule has 2 aromatic rings. The summed E-state index contributed by atoms with van der Waals surface area (Å²) in [5, 5.41) is 0. The van der Waals surface area contributed by atoms with Crippen molar-refractivity contribution in [1.82, 2.24) is 9.97 Å². The molecule has 0 amide bonds. The fourth-order valence-electron chi connectivity index (χ4n) is 1.61. The number of aryl methyl sites for hydroxylation is 1. The molecular weight excluding hydrogens is 297 g/mol. The Kier molecular flexibility index (Phi) is 7.35. The zero-order chi connectivity index (χ0) is 16.4. The molecule has 0 bridgehead atoms. The first-order valence-corrected chi connectivity index (χ1v) is 6.92. The van der Waals surface area contributed by atoms with Gasteiger partial charge in [-0.3, -0.25) is 0 Å². The number of nitrogens with one attached hydrogen (secondary N) is 1. The molecule has 0 radical (unpaired) electrons. The minimum Gasteiger partial charge on any atom is -0.418 e. The van der Waals surface area contributed by atoms with Gasteiger partial charge in [0.15, 0.2) is 12.4 Å². The van der Waals surface area contributed by atoms with E-state index in [1.807, 2.05) is 12.3 Å². The monoisotopic (exact) mass is 315 g/mol. The summed E-state index contributed by atoms with van der Waals surface area (Å²) in [6.45, 7) is 3.31. The third-order valence-corrected chi connectivity index (χ3v) is 2.64. The molecule has 0 fully saturated rings. The average molecular weight is 315 g/mol. The van der Waals surface area contributed by atoms with Crippen molar-refractivity contribution >= 4 is 19.4 Å². The van der Waals surface area contributed by atoms with E-state index in [1.165, 1.54) is 18.4 Å². The van der Waals surface area contributed by atoms with Crippen molar-refractivity contribution in [3.8, 4) is 0 Å². The first-order valence-electron chi connectivity index (χ1n) is 6.92. The van der Waals surface area contributed by atoms with Gasteiger partial charge in [0, 0.05) is 30.9 Å². The van der Waals surface area contributed by atoms with E-state index in [2.05, 4.69) is 52.1 Å². The lowest BCUT2D eigenvalue weighted by atomic mass is 10.2. The van der Waals surface area contributed by atoms with Crippen molar-refractivity contribution in [3.63, 3.8) is 0 Å². The van der Waals surface area contributed by atoms with Crippen LogP contribution in [0.2, 0.25) is 0 Å². The van der Waals surface area contributed by atoms with E-state index in [0.29, 0.717) is 0 Å². The second-order valence-corrected chi connectivity index (χ2v) is 4.53. The number of rotatable bonds is 5. The van der Waals surface area contributed by atoms with Crippen LogP contribution in [-0.2, 0) is 6.54 Å². The summed E-state index contributed by atoms with van der Waals surface area (Å²) >= 11 is 0. The molecule has 0 aromatic carbocycles. The van der Waals surface area contributed by atoms with Crippen LogP contribution in [0.15, 0.2) is 36.9 Å². The lowest BCUT2D eigenvalue weighted by Crippen LogP contribution is -2.32.